The maximum atomic E-state index is 15.1. The number of rotatable bonds is 4. The Bertz CT molecular complexity index is 1250. The fraction of sp³-hybridized carbons (Fsp3) is 0.286. The number of nitrogens with one attached hydrogen (secondary N) is 1. The molecule has 1 fully saturated rings. The van der Waals surface area contributed by atoms with Crippen molar-refractivity contribution in [2.75, 3.05) is 18.0 Å². The Hall–Kier alpha value is -3.11. The maximum Gasteiger partial charge on any atom is 0.200 e. The van der Waals surface area contributed by atoms with Gasteiger partial charge in [-0.3, -0.25) is 9.59 Å². The monoisotopic (exact) mass is 410 g/mol. The zero-order chi connectivity index (χ0) is 20.3. The first kappa shape index (κ1) is 18.0. The number of halogens is 2. The van der Waals surface area contributed by atoms with Gasteiger partial charge in [-0.25, -0.2) is 4.39 Å². The average molecular weight is 411 g/mol. The Morgan fingerprint density at radius 1 is 1.38 bits per heavy atom. The summed E-state index contributed by atoms with van der Waals surface area (Å²) in [5.41, 5.74) is 2.14. The Morgan fingerprint density at radius 2 is 2.17 bits per heavy atom. The molecular weight excluding hydrogens is 395 g/mol. The molecule has 1 aliphatic carbocycles. The van der Waals surface area contributed by atoms with Gasteiger partial charge in [-0.1, -0.05) is 11.6 Å². The van der Waals surface area contributed by atoms with E-state index in [1.165, 1.54) is 12.3 Å². The van der Waals surface area contributed by atoms with Crippen molar-refractivity contribution in [2.24, 2.45) is 0 Å². The van der Waals surface area contributed by atoms with Crippen LogP contribution in [0.3, 0.4) is 0 Å². The fourth-order valence-electron chi connectivity index (χ4n) is 4.03. The predicted molar refractivity (Wildman–Crippen MR) is 108 cm³/mol. The Labute approximate surface area is 170 Å². The van der Waals surface area contributed by atoms with E-state index in [9.17, 15) is 9.59 Å². The van der Waals surface area contributed by atoms with Crippen LogP contribution in [-0.2, 0) is 0 Å². The Morgan fingerprint density at radius 3 is 2.86 bits per heavy atom. The molecule has 0 bridgehead atoms. The summed E-state index contributed by atoms with van der Waals surface area (Å²) in [7, 11) is 0. The van der Waals surface area contributed by atoms with Crippen molar-refractivity contribution in [1.29, 1.82) is 5.26 Å². The lowest BCUT2D eigenvalue weighted by Crippen LogP contribution is -2.21. The van der Waals surface area contributed by atoms with E-state index in [1.807, 2.05) is 12.4 Å². The van der Waals surface area contributed by atoms with Crippen molar-refractivity contribution in [3.63, 3.8) is 0 Å². The molecule has 1 aromatic heterocycles. The number of nitrogens with zero attached hydrogens (tertiary/aromatic N) is 3. The molecule has 29 heavy (non-hydrogen) atoms. The third-order valence-electron chi connectivity index (χ3n) is 5.58. The smallest absolute Gasteiger partial charge is 0.200 e. The summed E-state index contributed by atoms with van der Waals surface area (Å²) in [6, 6.07) is 3.04. The quantitative estimate of drug-likeness (QED) is 0.781. The molecule has 8 heteroatoms. The van der Waals surface area contributed by atoms with E-state index in [0.29, 0.717) is 18.6 Å². The normalized spacial score (nSPS) is 17.6. The van der Waals surface area contributed by atoms with Crippen LogP contribution in [0.1, 0.15) is 35.7 Å². The van der Waals surface area contributed by atoms with E-state index < -0.39 is 23.5 Å². The highest BCUT2D eigenvalue weighted by Gasteiger charge is 2.31. The predicted octanol–water partition coefficient (Wildman–Crippen LogP) is 3.42. The van der Waals surface area contributed by atoms with Crippen LogP contribution in [-0.4, -0.2) is 23.4 Å². The number of fused-ring (bicyclic) bond motifs is 2. The third kappa shape index (κ3) is 2.75. The molecule has 0 amide bonds. The number of hydrogen-bond acceptors (Lipinski definition) is 5. The molecule has 0 saturated heterocycles. The molecule has 1 saturated carbocycles. The number of pyridine rings is 1. The number of carbonyl (C=O) groups is 1. The van der Waals surface area contributed by atoms with Crippen LogP contribution in [0.2, 0.25) is 5.02 Å². The molecule has 0 spiro atoms. The molecule has 6 nitrogen and oxygen atoms in total. The van der Waals surface area contributed by atoms with Gasteiger partial charge in [-0.15, -0.1) is 0 Å². The van der Waals surface area contributed by atoms with Gasteiger partial charge in [-0.05, 0) is 30.1 Å². The summed E-state index contributed by atoms with van der Waals surface area (Å²) in [5, 5.41) is 12.2. The molecule has 3 aliphatic rings. The van der Waals surface area contributed by atoms with Gasteiger partial charge >= 0.3 is 0 Å². The molecular formula is C21H16ClFN4O2. The van der Waals surface area contributed by atoms with Gasteiger partial charge in [0.25, 0.3) is 0 Å². The van der Waals surface area contributed by atoms with Gasteiger partial charge in [0.05, 0.1) is 39.7 Å². The van der Waals surface area contributed by atoms with Crippen LogP contribution >= 0.6 is 11.6 Å². The molecule has 0 unspecified atom stereocenters. The van der Waals surface area contributed by atoms with Crippen LogP contribution in [0.5, 0.6) is 0 Å². The SMILES string of the molecule is N#CCC(=O)c1cn(C2CC2)c2c(Cl)c(N3C=C4CNC=C4C3)c(F)cc2c1=O. The molecule has 3 heterocycles. The number of carbonyl (C=O) groups excluding carboxylic acids is 1. The highest BCUT2D eigenvalue weighted by Crippen LogP contribution is 2.43. The number of nitriles is 1. The van der Waals surface area contributed by atoms with Crippen LogP contribution in [0, 0.1) is 17.1 Å². The van der Waals surface area contributed by atoms with Gasteiger partial charge < -0.3 is 14.8 Å². The summed E-state index contributed by atoms with van der Waals surface area (Å²) < 4.78 is 16.9. The second kappa shape index (κ2) is 6.46. The minimum atomic E-state index is -0.614. The van der Waals surface area contributed by atoms with Crippen LogP contribution in [0.4, 0.5) is 10.1 Å². The van der Waals surface area contributed by atoms with Gasteiger partial charge in [0, 0.05) is 37.7 Å². The van der Waals surface area contributed by atoms with E-state index in [-0.39, 0.29) is 27.7 Å². The lowest BCUT2D eigenvalue weighted by atomic mass is 10.1. The third-order valence-corrected chi connectivity index (χ3v) is 5.94. The topological polar surface area (TPSA) is 78.1 Å². The minimum Gasteiger partial charge on any atom is -0.386 e. The highest BCUT2D eigenvalue weighted by atomic mass is 35.5. The summed E-state index contributed by atoms with van der Waals surface area (Å²) in [5.74, 6) is -1.18. The zero-order valence-electron chi connectivity index (χ0n) is 15.3. The van der Waals surface area contributed by atoms with E-state index in [0.717, 1.165) is 24.0 Å². The number of Topliss-reactive ketones (excluding diaryl/α,β-unsaturated/α-hetero) is 1. The maximum absolute atomic E-state index is 15.1. The number of anilines is 1. The van der Waals surface area contributed by atoms with Crippen molar-refractivity contribution >= 4 is 34.0 Å². The average Bonchev–Trinajstić information content (AvgIpc) is 3.31. The molecule has 1 N–H and O–H groups in total. The first-order valence-corrected chi connectivity index (χ1v) is 9.74. The molecule has 2 aromatic rings. The van der Waals surface area contributed by atoms with Crippen molar-refractivity contribution < 1.29 is 9.18 Å². The van der Waals surface area contributed by atoms with Crippen molar-refractivity contribution in [3.8, 4) is 6.07 Å². The first-order chi connectivity index (χ1) is 14.0. The standard InChI is InChI=1S/C21H16ClFN4O2/c22-18-19-14(5-16(23)20(18)26-8-11-6-25-7-12(11)9-26)21(29)15(17(28)3-4-24)10-27(19)13-1-2-13/h5-6,9-10,13,25H,1-3,7-8H2. The van der Waals surface area contributed by atoms with Gasteiger partial charge in [0.15, 0.2) is 11.2 Å². The van der Waals surface area contributed by atoms with E-state index >= 15 is 4.39 Å². The summed E-state index contributed by atoms with van der Waals surface area (Å²) in [4.78, 5) is 27.0. The van der Waals surface area contributed by atoms with E-state index in [4.69, 9.17) is 16.9 Å². The number of ketones is 1. The van der Waals surface area contributed by atoms with Crippen molar-refractivity contribution in [3.05, 3.63) is 62.4 Å². The number of aromatic nitrogens is 1. The van der Waals surface area contributed by atoms with E-state index in [2.05, 4.69) is 5.32 Å². The van der Waals surface area contributed by atoms with E-state index in [1.54, 1.807) is 15.5 Å². The largest absolute Gasteiger partial charge is 0.386 e. The summed E-state index contributed by atoms with van der Waals surface area (Å²) in [6.45, 7) is 1.19. The highest BCUT2D eigenvalue weighted by molar-refractivity contribution is 6.38. The molecule has 1 aromatic carbocycles. The van der Waals surface area contributed by atoms with Gasteiger partial charge in [-0.2, -0.15) is 5.26 Å². The molecule has 146 valence electrons. The number of benzene rings is 1. The van der Waals surface area contributed by atoms with Crippen LogP contribution in [0.15, 0.2) is 40.6 Å². The Kier molecular flexibility index (Phi) is 4.00. The zero-order valence-corrected chi connectivity index (χ0v) is 16.1. The minimum absolute atomic E-state index is 0.0693. The Balaban J connectivity index is 1.74. The first-order valence-electron chi connectivity index (χ1n) is 9.36. The molecule has 5 rings (SSSR count). The van der Waals surface area contributed by atoms with Gasteiger partial charge in [0.2, 0.25) is 0 Å². The molecule has 0 radical (unpaired) electrons. The lowest BCUT2D eigenvalue weighted by molar-refractivity contribution is 0.0996. The lowest BCUT2D eigenvalue weighted by Gasteiger charge is -2.22. The molecule has 2 aliphatic heterocycles. The van der Waals surface area contributed by atoms with Crippen molar-refractivity contribution in [1.82, 2.24) is 9.88 Å². The second-order valence-electron chi connectivity index (χ2n) is 7.52. The van der Waals surface area contributed by atoms with Crippen molar-refractivity contribution in [2.45, 2.75) is 25.3 Å². The summed E-state index contributed by atoms with van der Waals surface area (Å²) >= 11 is 6.68. The van der Waals surface area contributed by atoms with Gasteiger partial charge in [0.1, 0.15) is 5.82 Å². The van der Waals surface area contributed by atoms with Crippen LogP contribution in [0.25, 0.3) is 10.9 Å². The fourth-order valence-corrected chi connectivity index (χ4v) is 4.43. The summed E-state index contributed by atoms with van der Waals surface area (Å²) in [6.07, 6.45) is 6.64. The number of hydrogen-bond donors (Lipinski definition) is 1. The van der Waals surface area contributed by atoms with Crippen LogP contribution < -0.4 is 15.6 Å². The second-order valence-corrected chi connectivity index (χ2v) is 7.90. The molecule has 0 atom stereocenters.